The highest BCUT2D eigenvalue weighted by Gasteiger charge is 2.15. The molecule has 0 aliphatic carbocycles. The number of likely N-dealkylation sites (tertiary alicyclic amines) is 1. The Hall–Kier alpha value is -1.06. The minimum atomic E-state index is 0.161. The molecule has 1 N–H and O–H groups in total. The molecule has 1 aliphatic heterocycles. The number of amides is 2. The van der Waals surface area contributed by atoms with Crippen LogP contribution in [0.3, 0.4) is 0 Å². The molecule has 1 rings (SSSR count). The van der Waals surface area contributed by atoms with Gasteiger partial charge in [0.05, 0.1) is 0 Å². The zero-order valence-electron chi connectivity index (χ0n) is 7.79. The summed E-state index contributed by atoms with van der Waals surface area (Å²) in [5, 5.41) is 2.49. The zero-order chi connectivity index (χ0) is 9.52. The molecule has 1 fully saturated rings. The molecule has 1 saturated heterocycles. The summed E-state index contributed by atoms with van der Waals surface area (Å²) in [6.45, 7) is 2.23. The lowest BCUT2D eigenvalue weighted by Gasteiger charge is -2.26. The van der Waals surface area contributed by atoms with Crippen molar-refractivity contribution in [2.75, 3.05) is 19.6 Å². The second-order valence-electron chi connectivity index (χ2n) is 3.26. The maximum absolute atomic E-state index is 11.4. The van der Waals surface area contributed by atoms with Gasteiger partial charge in [-0.25, -0.2) is 0 Å². The molecule has 0 atom stereocenters. The quantitative estimate of drug-likeness (QED) is 0.499. The van der Waals surface area contributed by atoms with Crippen molar-refractivity contribution in [3.63, 3.8) is 0 Å². The fourth-order valence-corrected chi connectivity index (χ4v) is 1.54. The molecule has 4 nitrogen and oxygen atoms in total. The summed E-state index contributed by atoms with van der Waals surface area (Å²) in [7, 11) is 0. The lowest BCUT2D eigenvalue weighted by atomic mass is 10.1. The van der Waals surface area contributed by atoms with Crippen molar-refractivity contribution < 1.29 is 9.59 Å². The fourth-order valence-electron chi connectivity index (χ4n) is 1.54. The standard InChI is InChI=1S/C9H16N2O2/c12-8-10-5-4-9(13)11-6-2-1-3-7-11/h8H,1-7H2,(H,10,12). The van der Waals surface area contributed by atoms with Crippen molar-refractivity contribution in [1.29, 1.82) is 0 Å². The van der Waals surface area contributed by atoms with E-state index < -0.39 is 0 Å². The van der Waals surface area contributed by atoms with Crippen molar-refractivity contribution >= 4 is 12.3 Å². The van der Waals surface area contributed by atoms with E-state index in [0.717, 1.165) is 25.9 Å². The molecule has 1 aliphatic rings. The first-order chi connectivity index (χ1) is 6.34. The number of hydrogen-bond donors (Lipinski definition) is 1. The molecule has 4 heteroatoms. The third kappa shape index (κ3) is 3.44. The third-order valence-electron chi connectivity index (χ3n) is 2.28. The van der Waals surface area contributed by atoms with Gasteiger partial charge in [-0.1, -0.05) is 0 Å². The Morgan fingerprint density at radius 1 is 1.31 bits per heavy atom. The second-order valence-corrected chi connectivity index (χ2v) is 3.26. The van der Waals surface area contributed by atoms with Gasteiger partial charge in [0.25, 0.3) is 0 Å². The van der Waals surface area contributed by atoms with E-state index in [4.69, 9.17) is 0 Å². The molecule has 0 aromatic carbocycles. The summed E-state index contributed by atoms with van der Waals surface area (Å²) in [5.74, 6) is 0.161. The average molecular weight is 184 g/mol. The molecule has 0 aromatic heterocycles. The van der Waals surface area contributed by atoms with Crippen LogP contribution in [0.2, 0.25) is 0 Å². The van der Waals surface area contributed by atoms with E-state index in [1.165, 1.54) is 6.42 Å². The molecule has 0 spiro atoms. The van der Waals surface area contributed by atoms with E-state index in [9.17, 15) is 9.59 Å². The first kappa shape index (κ1) is 10.0. The highest BCUT2D eigenvalue weighted by Crippen LogP contribution is 2.09. The predicted octanol–water partition coefficient (Wildman–Crippen LogP) is 0.135. The van der Waals surface area contributed by atoms with E-state index in [2.05, 4.69) is 5.32 Å². The molecular weight excluding hydrogens is 168 g/mol. The first-order valence-electron chi connectivity index (χ1n) is 4.79. The Labute approximate surface area is 78.3 Å². The summed E-state index contributed by atoms with van der Waals surface area (Å²) in [6, 6.07) is 0. The van der Waals surface area contributed by atoms with Gasteiger partial charge in [-0.3, -0.25) is 9.59 Å². The Morgan fingerprint density at radius 3 is 2.62 bits per heavy atom. The van der Waals surface area contributed by atoms with Crippen molar-refractivity contribution in [1.82, 2.24) is 10.2 Å². The van der Waals surface area contributed by atoms with Crippen molar-refractivity contribution in [3.05, 3.63) is 0 Å². The van der Waals surface area contributed by atoms with E-state index >= 15 is 0 Å². The molecule has 13 heavy (non-hydrogen) atoms. The lowest BCUT2D eigenvalue weighted by Crippen LogP contribution is -2.36. The topological polar surface area (TPSA) is 49.4 Å². The molecule has 0 unspecified atom stereocenters. The van der Waals surface area contributed by atoms with Gasteiger partial charge < -0.3 is 10.2 Å². The van der Waals surface area contributed by atoms with E-state index in [-0.39, 0.29) is 5.91 Å². The molecule has 1 heterocycles. The predicted molar refractivity (Wildman–Crippen MR) is 49.1 cm³/mol. The Morgan fingerprint density at radius 2 is 2.00 bits per heavy atom. The molecule has 0 bridgehead atoms. The average Bonchev–Trinajstić information content (AvgIpc) is 2.19. The van der Waals surface area contributed by atoms with Gasteiger partial charge in [0.2, 0.25) is 12.3 Å². The molecule has 74 valence electrons. The third-order valence-corrected chi connectivity index (χ3v) is 2.28. The summed E-state index contributed by atoms with van der Waals surface area (Å²) >= 11 is 0. The van der Waals surface area contributed by atoms with Crippen molar-refractivity contribution in [2.24, 2.45) is 0 Å². The summed E-state index contributed by atoms with van der Waals surface area (Å²) in [6.07, 6.45) is 4.53. The lowest BCUT2D eigenvalue weighted by molar-refractivity contribution is -0.131. The number of hydrogen-bond acceptors (Lipinski definition) is 2. The highest BCUT2D eigenvalue weighted by atomic mass is 16.2. The molecule has 0 aromatic rings. The Balaban J connectivity index is 2.17. The van der Waals surface area contributed by atoms with Crippen LogP contribution in [0.25, 0.3) is 0 Å². The number of nitrogens with zero attached hydrogens (tertiary/aromatic N) is 1. The molecular formula is C9H16N2O2. The van der Waals surface area contributed by atoms with Crippen LogP contribution >= 0.6 is 0 Å². The van der Waals surface area contributed by atoms with Gasteiger partial charge in [0.1, 0.15) is 0 Å². The highest BCUT2D eigenvalue weighted by molar-refractivity contribution is 5.76. The Kier molecular flexibility index (Phi) is 4.29. The van der Waals surface area contributed by atoms with Crippen LogP contribution in [0.4, 0.5) is 0 Å². The number of rotatable bonds is 4. The van der Waals surface area contributed by atoms with Gasteiger partial charge in [-0.2, -0.15) is 0 Å². The monoisotopic (exact) mass is 184 g/mol. The van der Waals surface area contributed by atoms with E-state index in [1.54, 1.807) is 0 Å². The summed E-state index contributed by atoms with van der Waals surface area (Å²) in [4.78, 5) is 23.3. The minimum Gasteiger partial charge on any atom is -0.358 e. The maximum Gasteiger partial charge on any atom is 0.224 e. The van der Waals surface area contributed by atoms with Crippen LogP contribution in [0.5, 0.6) is 0 Å². The van der Waals surface area contributed by atoms with Gasteiger partial charge in [0.15, 0.2) is 0 Å². The van der Waals surface area contributed by atoms with Gasteiger partial charge >= 0.3 is 0 Å². The van der Waals surface area contributed by atoms with Gasteiger partial charge in [0, 0.05) is 26.1 Å². The van der Waals surface area contributed by atoms with Crippen LogP contribution < -0.4 is 5.32 Å². The van der Waals surface area contributed by atoms with Crippen LogP contribution in [-0.4, -0.2) is 36.9 Å². The minimum absolute atomic E-state index is 0.161. The number of carbonyl (C=O) groups is 2. The molecule has 0 saturated carbocycles. The number of nitrogens with one attached hydrogen (secondary N) is 1. The Bertz CT molecular complexity index is 176. The number of carbonyl (C=O) groups excluding carboxylic acids is 2. The van der Waals surface area contributed by atoms with E-state index in [1.807, 2.05) is 4.90 Å². The first-order valence-corrected chi connectivity index (χ1v) is 4.79. The molecule has 0 radical (unpaired) electrons. The normalized spacial score (nSPS) is 16.8. The van der Waals surface area contributed by atoms with Crippen LogP contribution in [-0.2, 0) is 9.59 Å². The van der Waals surface area contributed by atoms with Gasteiger partial charge in [-0.15, -0.1) is 0 Å². The van der Waals surface area contributed by atoms with Crippen LogP contribution in [0, 0.1) is 0 Å². The van der Waals surface area contributed by atoms with Gasteiger partial charge in [-0.05, 0) is 19.3 Å². The molecule has 2 amide bonds. The van der Waals surface area contributed by atoms with Crippen molar-refractivity contribution in [2.45, 2.75) is 25.7 Å². The smallest absolute Gasteiger partial charge is 0.224 e. The van der Waals surface area contributed by atoms with E-state index in [0.29, 0.717) is 19.4 Å². The largest absolute Gasteiger partial charge is 0.358 e. The number of piperidine rings is 1. The second kappa shape index (κ2) is 5.56. The summed E-state index contributed by atoms with van der Waals surface area (Å²) < 4.78 is 0. The zero-order valence-corrected chi connectivity index (χ0v) is 7.79. The SMILES string of the molecule is O=CNCCC(=O)N1CCCCC1. The summed E-state index contributed by atoms with van der Waals surface area (Å²) in [5.41, 5.74) is 0. The maximum atomic E-state index is 11.4. The van der Waals surface area contributed by atoms with Crippen molar-refractivity contribution in [3.8, 4) is 0 Å². The van der Waals surface area contributed by atoms with Crippen LogP contribution in [0.15, 0.2) is 0 Å². The van der Waals surface area contributed by atoms with Crippen LogP contribution in [0.1, 0.15) is 25.7 Å². The fraction of sp³-hybridized carbons (Fsp3) is 0.778.